The molecule has 0 saturated heterocycles. The summed E-state index contributed by atoms with van der Waals surface area (Å²) in [7, 11) is 0. The summed E-state index contributed by atoms with van der Waals surface area (Å²) in [6, 6.07) is 0. The number of esters is 3. The molecule has 0 aliphatic carbocycles. The molecule has 0 aromatic carbocycles. The summed E-state index contributed by atoms with van der Waals surface area (Å²) in [4.78, 5) is 38.2. The lowest BCUT2D eigenvalue weighted by Crippen LogP contribution is -2.30. The Morgan fingerprint density at radius 3 is 0.840 bits per heavy atom. The maximum absolute atomic E-state index is 12.8. The van der Waals surface area contributed by atoms with Gasteiger partial charge in [0.25, 0.3) is 0 Å². The minimum Gasteiger partial charge on any atom is -0.462 e. The van der Waals surface area contributed by atoms with Gasteiger partial charge in [0.1, 0.15) is 13.2 Å². The highest BCUT2D eigenvalue weighted by molar-refractivity contribution is 5.72. The molecule has 0 aliphatic rings. The summed E-state index contributed by atoms with van der Waals surface area (Å²) >= 11 is 0. The van der Waals surface area contributed by atoms with Gasteiger partial charge in [0.05, 0.1) is 6.42 Å². The molecule has 1 atom stereocenters. The average Bonchev–Trinajstić information content (AvgIpc) is 3.47. The van der Waals surface area contributed by atoms with E-state index in [0.29, 0.717) is 19.3 Å². The normalized spacial score (nSPS) is 13.0. The Labute approximate surface area is 500 Å². The second-order valence-corrected chi connectivity index (χ2v) is 22.0. The summed E-state index contributed by atoms with van der Waals surface area (Å²) in [6.07, 6.45) is 96.7. The first-order valence-corrected chi connectivity index (χ1v) is 33.7. The van der Waals surface area contributed by atoms with Crippen LogP contribution < -0.4 is 0 Å². The highest BCUT2D eigenvalue weighted by Gasteiger charge is 2.19. The molecule has 0 aromatic rings. The number of unbranched alkanes of at least 4 members (excludes halogenated alkanes) is 28. The third kappa shape index (κ3) is 66.2. The predicted molar refractivity (Wildman–Crippen MR) is 353 cm³/mol. The van der Waals surface area contributed by atoms with Gasteiger partial charge in [-0.1, -0.05) is 302 Å². The van der Waals surface area contributed by atoms with E-state index in [0.717, 1.165) is 89.9 Å². The van der Waals surface area contributed by atoms with Crippen molar-refractivity contribution in [2.45, 2.75) is 309 Å². The summed E-state index contributed by atoms with van der Waals surface area (Å²) in [5, 5.41) is 0. The van der Waals surface area contributed by atoms with Crippen molar-refractivity contribution in [2.24, 2.45) is 0 Å². The van der Waals surface area contributed by atoms with Crippen molar-refractivity contribution in [3.05, 3.63) is 134 Å². The summed E-state index contributed by atoms with van der Waals surface area (Å²) in [5.41, 5.74) is 0. The fourth-order valence-corrected chi connectivity index (χ4v) is 9.19. The van der Waals surface area contributed by atoms with Crippen molar-refractivity contribution in [1.29, 1.82) is 0 Å². The topological polar surface area (TPSA) is 78.9 Å². The largest absolute Gasteiger partial charge is 0.462 e. The molecule has 6 nitrogen and oxygen atoms in total. The standard InChI is InChI=1S/C75H124O6/c1-4-7-10-13-16-19-22-25-28-29-30-31-32-33-34-35-36-37-38-39-40-41-42-43-44-45-48-50-53-56-59-62-65-68-74(77)80-71-72(81-75(78)69-66-63-60-57-54-51-47-27-24-21-18-15-12-9-6-3)70-79-73(76)67-64-61-58-55-52-49-46-26-23-20-17-14-11-8-5-2/h8-9,11-12,17-18,20-22,25-27,29-30,46-47,52,54-55,57,63,66,72H,4-7,10,13-16,19,23-24,28,31-45,48-51,53,56,58-62,64-65,67-71H2,1-3H3/b11-8-,12-9-,20-17-,21-18-,25-22-,30-29-,46-26-,47-27-,55-52-,57-54-,66-63-. The molecule has 0 rings (SSSR count). The van der Waals surface area contributed by atoms with E-state index in [4.69, 9.17) is 14.2 Å². The first kappa shape index (κ1) is 76.5. The van der Waals surface area contributed by atoms with E-state index in [1.165, 1.54) is 161 Å². The molecule has 0 spiro atoms. The Kier molecular flexibility index (Phi) is 64.3. The van der Waals surface area contributed by atoms with Crippen LogP contribution in [-0.4, -0.2) is 37.2 Å². The highest BCUT2D eigenvalue weighted by Crippen LogP contribution is 2.17. The lowest BCUT2D eigenvalue weighted by molar-refractivity contribution is -0.166. The SMILES string of the molecule is CC/C=C\C/C=C\C/C=C\C/C=C\C/C=C\CC(=O)OC(COC(=O)CCCC/C=C\C/C=C\C/C=C\C/C=C\CC)COC(=O)CCCCCCCCCCCCCCCCCCCCCCC/C=C\C/C=C\CCCCCCC. The Morgan fingerprint density at radius 1 is 0.272 bits per heavy atom. The molecule has 0 aromatic heterocycles. The van der Waals surface area contributed by atoms with Gasteiger partial charge in [0, 0.05) is 12.8 Å². The number of carbonyl (C=O) groups is 3. The maximum atomic E-state index is 12.8. The lowest BCUT2D eigenvalue weighted by Gasteiger charge is -2.18. The monoisotopic (exact) mass is 1120 g/mol. The zero-order valence-electron chi connectivity index (χ0n) is 52.8. The smallest absolute Gasteiger partial charge is 0.310 e. The van der Waals surface area contributed by atoms with Crippen molar-refractivity contribution >= 4 is 17.9 Å². The van der Waals surface area contributed by atoms with Crippen LogP contribution in [0.15, 0.2) is 134 Å². The van der Waals surface area contributed by atoms with E-state index in [2.05, 4.69) is 142 Å². The number of ether oxygens (including phenoxy) is 3. The van der Waals surface area contributed by atoms with Gasteiger partial charge in [0.15, 0.2) is 6.10 Å². The molecule has 0 bridgehead atoms. The summed E-state index contributed by atoms with van der Waals surface area (Å²) < 4.78 is 16.8. The first-order chi connectivity index (χ1) is 40.0. The van der Waals surface area contributed by atoms with Crippen LogP contribution in [0.3, 0.4) is 0 Å². The number of rotatable bonds is 60. The van der Waals surface area contributed by atoms with E-state index in [1.807, 2.05) is 6.08 Å². The fourth-order valence-electron chi connectivity index (χ4n) is 9.19. The first-order valence-electron chi connectivity index (χ1n) is 33.7. The van der Waals surface area contributed by atoms with Gasteiger partial charge in [-0.3, -0.25) is 14.4 Å². The minimum absolute atomic E-state index is 0.0844. The Morgan fingerprint density at radius 2 is 0.519 bits per heavy atom. The predicted octanol–water partition coefficient (Wildman–Crippen LogP) is 23.3. The van der Waals surface area contributed by atoms with Gasteiger partial charge in [-0.15, -0.1) is 0 Å². The highest BCUT2D eigenvalue weighted by atomic mass is 16.6. The van der Waals surface area contributed by atoms with Crippen LogP contribution in [0.1, 0.15) is 303 Å². The van der Waals surface area contributed by atoms with E-state index in [1.54, 1.807) is 6.08 Å². The fraction of sp³-hybridized carbons (Fsp3) is 0.667. The molecule has 81 heavy (non-hydrogen) atoms. The molecule has 0 fully saturated rings. The number of hydrogen-bond acceptors (Lipinski definition) is 6. The molecule has 0 heterocycles. The molecule has 0 saturated carbocycles. The van der Waals surface area contributed by atoms with Crippen molar-refractivity contribution < 1.29 is 28.6 Å². The Bertz CT molecular complexity index is 1720. The third-order valence-corrected chi connectivity index (χ3v) is 14.2. The Hall–Kier alpha value is -4.45. The third-order valence-electron chi connectivity index (χ3n) is 14.2. The van der Waals surface area contributed by atoms with Gasteiger partial charge in [-0.25, -0.2) is 0 Å². The Balaban J connectivity index is 4.25. The molecule has 0 aliphatic heterocycles. The van der Waals surface area contributed by atoms with Crippen LogP contribution in [0.2, 0.25) is 0 Å². The van der Waals surface area contributed by atoms with Crippen LogP contribution in [0.4, 0.5) is 0 Å². The van der Waals surface area contributed by atoms with E-state index in [9.17, 15) is 14.4 Å². The van der Waals surface area contributed by atoms with Gasteiger partial charge in [0.2, 0.25) is 0 Å². The lowest BCUT2D eigenvalue weighted by atomic mass is 10.0. The van der Waals surface area contributed by atoms with Crippen LogP contribution in [-0.2, 0) is 28.6 Å². The van der Waals surface area contributed by atoms with E-state index in [-0.39, 0.29) is 38.0 Å². The van der Waals surface area contributed by atoms with E-state index >= 15 is 0 Å². The van der Waals surface area contributed by atoms with Crippen molar-refractivity contribution in [3.63, 3.8) is 0 Å². The average molecular weight is 1120 g/mol. The molecule has 460 valence electrons. The second-order valence-electron chi connectivity index (χ2n) is 22.0. The molecule has 6 heteroatoms. The zero-order valence-corrected chi connectivity index (χ0v) is 52.8. The number of allylic oxidation sites excluding steroid dienone is 21. The minimum atomic E-state index is -0.854. The van der Waals surface area contributed by atoms with Gasteiger partial charge in [-0.05, 0) is 116 Å². The quantitative estimate of drug-likeness (QED) is 0.0261. The summed E-state index contributed by atoms with van der Waals surface area (Å²) in [5.74, 6) is -1.10. The molecule has 1 unspecified atom stereocenters. The zero-order chi connectivity index (χ0) is 58.5. The van der Waals surface area contributed by atoms with Crippen molar-refractivity contribution in [3.8, 4) is 0 Å². The number of hydrogen-bond donors (Lipinski definition) is 0. The van der Waals surface area contributed by atoms with Crippen LogP contribution >= 0.6 is 0 Å². The van der Waals surface area contributed by atoms with E-state index < -0.39 is 12.1 Å². The second kappa shape index (κ2) is 68.1. The van der Waals surface area contributed by atoms with Crippen molar-refractivity contribution in [1.82, 2.24) is 0 Å². The molecular weight excluding hydrogens is 997 g/mol. The van der Waals surface area contributed by atoms with Gasteiger partial charge < -0.3 is 14.2 Å². The van der Waals surface area contributed by atoms with Crippen LogP contribution in [0.5, 0.6) is 0 Å². The molecule has 0 radical (unpaired) electrons. The molecular formula is C75H124O6. The number of carbonyl (C=O) groups excluding carboxylic acids is 3. The molecule has 0 N–H and O–H groups in total. The van der Waals surface area contributed by atoms with Crippen LogP contribution in [0, 0.1) is 0 Å². The van der Waals surface area contributed by atoms with Crippen LogP contribution in [0.25, 0.3) is 0 Å². The maximum Gasteiger partial charge on any atom is 0.310 e. The van der Waals surface area contributed by atoms with Crippen molar-refractivity contribution in [2.75, 3.05) is 13.2 Å². The van der Waals surface area contributed by atoms with Gasteiger partial charge in [-0.2, -0.15) is 0 Å². The molecule has 0 amide bonds. The van der Waals surface area contributed by atoms with Gasteiger partial charge >= 0.3 is 17.9 Å². The summed E-state index contributed by atoms with van der Waals surface area (Å²) in [6.45, 7) is 6.29.